The summed E-state index contributed by atoms with van der Waals surface area (Å²) in [6, 6.07) is 4.20. The maximum atomic E-state index is 11.2. The van der Waals surface area contributed by atoms with E-state index >= 15 is 0 Å². The van der Waals surface area contributed by atoms with E-state index in [4.69, 9.17) is 4.74 Å². The van der Waals surface area contributed by atoms with Gasteiger partial charge in [-0.15, -0.1) is 0 Å². The molecule has 1 amide bonds. The zero-order valence-corrected chi connectivity index (χ0v) is 9.21. The second kappa shape index (κ2) is 3.81. The van der Waals surface area contributed by atoms with Crippen molar-refractivity contribution in [2.75, 3.05) is 11.9 Å². The number of hydrogen-bond acceptors (Lipinski definition) is 2. The van der Waals surface area contributed by atoms with E-state index in [1.54, 1.807) is 0 Å². The van der Waals surface area contributed by atoms with E-state index < -0.39 is 0 Å². The van der Waals surface area contributed by atoms with Crippen LogP contribution in [0.25, 0.3) is 0 Å². The Kier molecular flexibility index (Phi) is 2.31. The van der Waals surface area contributed by atoms with Crippen LogP contribution in [0.4, 0.5) is 5.69 Å². The Morgan fingerprint density at radius 1 is 1.06 bits per heavy atom. The van der Waals surface area contributed by atoms with Crippen molar-refractivity contribution in [1.82, 2.24) is 0 Å². The molecule has 3 heteroatoms. The van der Waals surface area contributed by atoms with Gasteiger partial charge in [-0.1, -0.05) is 6.42 Å². The maximum absolute atomic E-state index is 11.2. The number of rotatable bonds is 0. The van der Waals surface area contributed by atoms with E-state index in [1.807, 2.05) is 0 Å². The number of carbonyl (C=O) groups excluding carboxylic acids is 1. The molecular formula is C13H15NO2. The van der Waals surface area contributed by atoms with E-state index in [2.05, 4.69) is 17.4 Å². The summed E-state index contributed by atoms with van der Waals surface area (Å²) < 4.78 is 5.43. The molecule has 1 aromatic carbocycles. The number of benzene rings is 1. The van der Waals surface area contributed by atoms with Gasteiger partial charge in [0.2, 0.25) is 0 Å². The van der Waals surface area contributed by atoms with Gasteiger partial charge in [0.05, 0.1) is 5.69 Å². The monoisotopic (exact) mass is 217 g/mol. The van der Waals surface area contributed by atoms with E-state index in [-0.39, 0.29) is 12.5 Å². The van der Waals surface area contributed by atoms with Gasteiger partial charge in [-0.2, -0.15) is 0 Å². The molecule has 3 nitrogen and oxygen atoms in total. The average Bonchev–Trinajstić information content (AvgIpc) is 2.50. The summed E-state index contributed by atoms with van der Waals surface area (Å²) in [5.74, 6) is 0.779. The van der Waals surface area contributed by atoms with Gasteiger partial charge in [-0.25, -0.2) is 0 Å². The van der Waals surface area contributed by atoms with Crippen molar-refractivity contribution >= 4 is 11.6 Å². The third-order valence-corrected chi connectivity index (χ3v) is 3.33. The normalized spacial score (nSPS) is 18.9. The van der Waals surface area contributed by atoms with E-state index in [9.17, 15) is 4.79 Å². The van der Waals surface area contributed by atoms with Gasteiger partial charge in [0.1, 0.15) is 5.75 Å². The number of ether oxygens (including phenoxy) is 1. The second-order valence-corrected chi connectivity index (χ2v) is 4.51. The first kappa shape index (κ1) is 9.70. The number of aryl methyl sites for hydroxylation is 2. The fourth-order valence-corrected chi connectivity index (χ4v) is 2.49. The summed E-state index contributed by atoms with van der Waals surface area (Å²) in [5.41, 5.74) is 3.62. The summed E-state index contributed by atoms with van der Waals surface area (Å²) >= 11 is 0. The highest BCUT2D eigenvalue weighted by Crippen LogP contribution is 2.33. The largest absolute Gasteiger partial charge is 0.482 e. The first-order valence-corrected chi connectivity index (χ1v) is 5.91. The Hall–Kier alpha value is -1.51. The molecule has 1 aliphatic heterocycles. The molecule has 3 rings (SSSR count). The molecule has 16 heavy (non-hydrogen) atoms. The Morgan fingerprint density at radius 2 is 1.81 bits per heavy atom. The SMILES string of the molecule is O=C1COc2cc3c(cc2N1)CCCCC3. The smallest absolute Gasteiger partial charge is 0.262 e. The molecule has 1 aromatic rings. The third kappa shape index (κ3) is 1.66. The molecule has 0 fully saturated rings. The van der Waals surface area contributed by atoms with Crippen LogP contribution in [-0.4, -0.2) is 12.5 Å². The highest BCUT2D eigenvalue weighted by molar-refractivity contribution is 5.95. The summed E-state index contributed by atoms with van der Waals surface area (Å²) in [6.45, 7) is 0.145. The van der Waals surface area contributed by atoms with Gasteiger partial charge in [-0.05, 0) is 48.9 Å². The molecule has 0 radical (unpaired) electrons. The fraction of sp³-hybridized carbons (Fsp3) is 0.462. The summed E-state index contributed by atoms with van der Waals surface area (Å²) in [5, 5.41) is 2.87. The summed E-state index contributed by atoms with van der Waals surface area (Å²) in [4.78, 5) is 11.2. The summed E-state index contributed by atoms with van der Waals surface area (Å²) in [7, 11) is 0. The second-order valence-electron chi connectivity index (χ2n) is 4.51. The zero-order chi connectivity index (χ0) is 11.0. The van der Waals surface area contributed by atoms with Crippen LogP contribution in [0.15, 0.2) is 12.1 Å². The first-order valence-electron chi connectivity index (χ1n) is 5.91. The lowest BCUT2D eigenvalue weighted by Crippen LogP contribution is -2.25. The van der Waals surface area contributed by atoms with Crippen molar-refractivity contribution in [3.05, 3.63) is 23.3 Å². The van der Waals surface area contributed by atoms with Crippen LogP contribution in [0.1, 0.15) is 30.4 Å². The van der Waals surface area contributed by atoms with Crippen LogP contribution >= 0.6 is 0 Å². The van der Waals surface area contributed by atoms with Crippen LogP contribution in [-0.2, 0) is 17.6 Å². The van der Waals surface area contributed by atoms with Gasteiger partial charge in [0.25, 0.3) is 5.91 Å². The van der Waals surface area contributed by atoms with Crippen LogP contribution in [0.3, 0.4) is 0 Å². The highest BCUT2D eigenvalue weighted by atomic mass is 16.5. The lowest BCUT2D eigenvalue weighted by molar-refractivity contribution is -0.118. The number of carbonyl (C=O) groups is 1. The number of amides is 1. The van der Waals surface area contributed by atoms with Crippen molar-refractivity contribution in [3.8, 4) is 5.75 Å². The molecule has 0 aromatic heterocycles. The minimum atomic E-state index is -0.0546. The molecule has 1 heterocycles. The number of hydrogen-bond donors (Lipinski definition) is 1. The molecule has 1 N–H and O–H groups in total. The fourth-order valence-electron chi connectivity index (χ4n) is 2.49. The lowest BCUT2D eigenvalue weighted by Gasteiger charge is -2.20. The van der Waals surface area contributed by atoms with Crippen molar-refractivity contribution < 1.29 is 9.53 Å². The van der Waals surface area contributed by atoms with Gasteiger partial charge < -0.3 is 10.1 Å². The van der Waals surface area contributed by atoms with Crippen molar-refractivity contribution in [2.24, 2.45) is 0 Å². The van der Waals surface area contributed by atoms with E-state index in [1.165, 1.54) is 30.4 Å². The molecule has 2 aliphatic rings. The Labute approximate surface area is 94.8 Å². The van der Waals surface area contributed by atoms with Crippen LogP contribution in [0, 0.1) is 0 Å². The lowest BCUT2D eigenvalue weighted by atomic mass is 10.0. The Balaban J connectivity index is 2.02. The highest BCUT2D eigenvalue weighted by Gasteiger charge is 2.19. The Morgan fingerprint density at radius 3 is 2.62 bits per heavy atom. The van der Waals surface area contributed by atoms with Crippen molar-refractivity contribution in [1.29, 1.82) is 0 Å². The molecule has 0 spiro atoms. The summed E-state index contributed by atoms with van der Waals surface area (Å²) in [6.07, 6.45) is 6.07. The maximum Gasteiger partial charge on any atom is 0.262 e. The molecule has 0 atom stereocenters. The molecule has 0 unspecified atom stereocenters. The van der Waals surface area contributed by atoms with Gasteiger partial charge in [-0.3, -0.25) is 4.79 Å². The minimum absolute atomic E-state index is 0.0546. The topological polar surface area (TPSA) is 38.3 Å². The number of fused-ring (bicyclic) bond motifs is 2. The standard InChI is InChI=1S/C13H15NO2/c15-13-8-16-12-7-10-5-3-1-2-4-9(10)6-11(12)14-13/h6-7H,1-5,8H2,(H,14,15). The van der Waals surface area contributed by atoms with E-state index in [0.717, 1.165) is 24.3 Å². The zero-order valence-electron chi connectivity index (χ0n) is 9.21. The average molecular weight is 217 g/mol. The van der Waals surface area contributed by atoms with Gasteiger partial charge in [0.15, 0.2) is 6.61 Å². The molecule has 0 saturated carbocycles. The van der Waals surface area contributed by atoms with Crippen LogP contribution in [0.5, 0.6) is 5.75 Å². The number of nitrogens with one attached hydrogen (secondary N) is 1. The predicted octanol–water partition coefficient (Wildman–Crippen LogP) is 2.29. The molecule has 1 aliphatic carbocycles. The quantitative estimate of drug-likeness (QED) is 0.677. The number of anilines is 1. The third-order valence-electron chi connectivity index (χ3n) is 3.33. The van der Waals surface area contributed by atoms with Crippen LogP contribution in [0.2, 0.25) is 0 Å². The first-order chi connectivity index (χ1) is 7.83. The van der Waals surface area contributed by atoms with E-state index in [0.29, 0.717) is 0 Å². The minimum Gasteiger partial charge on any atom is -0.482 e. The predicted molar refractivity (Wildman–Crippen MR) is 61.8 cm³/mol. The van der Waals surface area contributed by atoms with Gasteiger partial charge in [0, 0.05) is 0 Å². The molecule has 0 saturated heterocycles. The Bertz CT molecular complexity index is 440. The van der Waals surface area contributed by atoms with Crippen molar-refractivity contribution in [3.63, 3.8) is 0 Å². The molecular weight excluding hydrogens is 202 g/mol. The van der Waals surface area contributed by atoms with Crippen LogP contribution < -0.4 is 10.1 Å². The van der Waals surface area contributed by atoms with Gasteiger partial charge >= 0.3 is 0 Å². The molecule has 84 valence electrons. The molecule has 0 bridgehead atoms. The van der Waals surface area contributed by atoms with Crippen molar-refractivity contribution in [2.45, 2.75) is 32.1 Å².